The van der Waals surface area contributed by atoms with Crippen molar-refractivity contribution in [1.82, 2.24) is 9.97 Å². The number of aromatic nitrogens is 2. The lowest BCUT2D eigenvalue weighted by Gasteiger charge is -2.11. The van der Waals surface area contributed by atoms with Crippen molar-refractivity contribution < 1.29 is 0 Å². The van der Waals surface area contributed by atoms with Gasteiger partial charge in [0.15, 0.2) is 0 Å². The van der Waals surface area contributed by atoms with Crippen molar-refractivity contribution >= 4 is 28.9 Å². The van der Waals surface area contributed by atoms with Gasteiger partial charge in [-0.1, -0.05) is 24.6 Å². The Morgan fingerprint density at radius 3 is 2.63 bits per heavy atom. The van der Waals surface area contributed by atoms with Gasteiger partial charge in [-0.3, -0.25) is 0 Å². The minimum absolute atomic E-state index is 0.578. The minimum atomic E-state index is 0.578. The van der Waals surface area contributed by atoms with Crippen LogP contribution in [0.15, 0.2) is 24.3 Å². The van der Waals surface area contributed by atoms with Gasteiger partial charge in [0.25, 0.3) is 0 Å². The molecule has 4 N–H and O–H groups in total. The summed E-state index contributed by atoms with van der Waals surface area (Å²) in [4.78, 5) is 8.64. The summed E-state index contributed by atoms with van der Waals surface area (Å²) in [5.74, 6) is 7.38. The highest BCUT2D eigenvalue weighted by molar-refractivity contribution is 6.30. The Morgan fingerprint density at radius 1 is 1.21 bits per heavy atom. The first-order chi connectivity index (χ1) is 9.12. The SMILES string of the molecule is CCc1nc(NN)cc(Nc2cc(Cl)ccc2C)n1. The quantitative estimate of drug-likeness (QED) is 0.592. The molecule has 1 aromatic carbocycles. The summed E-state index contributed by atoms with van der Waals surface area (Å²) in [6, 6.07) is 7.42. The summed E-state index contributed by atoms with van der Waals surface area (Å²) in [6.07, 6.45) is 0.735. The van der Waals surface area contributed by atoms with Gasteiger partial charge in [-0.2, -0.15) is 0 Å². The van der Waals surface area contributed by atoms with Crippen molar-refractivity contribution in [2.24, 2.45) is 5.84 Å². The highest BCUT2D eigenvalue weighted by Crippen LogP contribution is 2.24. The third-order valence-corrected chi connectivity index (χ3v) is 2.93. The number of nitrogen functional groups attached to an aromatic ring is 1. The maximum atomic E-state index is 6.00. The highest BCUT2D eigenvalue weighted by Gasteiger charge is 2.05. The second-order valence-electron chi connectivity index (χ2n) is 4.14. The standard InChI is InChI=1S/C13H16ClN5/c1-3-11-17-12(7-13(18-11)19-15)16-10-6-9(14)5-4-8(10)2/h4-7H,3,15H2,1-2H3,(H2,16,17,18,19). The molecule has 5 nitrogen and oxygen atoms in total. The van der Waals surface area contributed by atoms with Crippen molar-refractivity contribution in [3.05, 3.63) is 40.7 Å². The molecule has 0 saturated heterocycles. The van der Waals surface area contributed by atoms with Gasteiger partial charge in [0, 0.05) is 23.2 Å². The lowest BCUT2D eigenvalue weighted by atomic mass is 10.2. The normalized spacial score (nSPS) is 10.3. The molecule has 0 unspecified atom stereocenters. The largest absolute Gasteiger partial charge is 0.340 e. The summed E-state index contributed by atoms with van der Waals surface area (Å²) in [7, 11) is 0. The van der Waals surface area contributed by atoms with E-state index in [4.69, 9.17) is 17.4 Å². The van der Waals surface area contributed by atoms with E-state index >= 15 is 0 Å². The number of nitrogens with two attached hydrogens (primary N) is 1. The number of nitrogens with zero attached hydrogens (tertiary/aromatic N) is 2. The number of hydrogen-bond acceptors (Lipinski definition) is 5. The number of rotatable bonds is 4. The number of nitrogens with one attached hydrogen (secondary N) is 2. The monoisotopic (exact) mass is 277 g/mol. The topological polar surface area (TPSA) is 75.9 Å². The van der Waals surface area contributed by atoms with E-state index in [-0.39, 0.29) is 0 Å². The lowest BCUT2D eigenvalue weighted by Crippen LogP contribution is -2.11. The summed E-state index contributed by atoms with van der Waals surface area (Å²) >= 11 is 6.00. The van der Waals surface area contributed by atoms with Crippen LogP contribution in [0.3, 0.4) is 0 Å². The Bertz CT molecular complexity index is 563. The molecule has 0 amide bonds. The Balaban J connectivity index is 2.34. The van der Waals surface area contributed by atoms with E-state index in [0.29, 0.717) is 16.7 Å². The Kier molecular flexibility index (Phi) is 4.19. The van der Waals surface area contributed by atoms with E-state index in [1.165, 1.54) is 0 Å². The molecule has 0 saturated carbocycles. The molecule has 0 radical (unpaired) electrons. The Morgan fingerprint density at radius 2 is 1.95 bits per heavy atom. The Hall–Kier alpha value is -1.85. The zero-order chi connectivity index (χ0) is 13.8. The third kappa shape index (κ3) is 3.33. The van der Waals surface area contributed by atoms with Crippen LogP contribution in [0.1, 0.15) is 18.3 Å². The predicted molar refractivity (Wildman–Crippen MR) is 78.7 cm³/mol. The fraction of sp³-hybridized carbons (Fsp3) is 0.231. The molecule has 100 valence electrons. The number of hydrazine groups is 1. The summed E-state index contributed by atoms with van der Waals surface area (Å²) in [5.41, 5.74) is 4.54. The molecule has 2 rings (SSSR count). The first-order valence-corrected chi connectivity index (χ1v) is 6.38. The maximum Gasteiger partial charge on any atom is 0.145 e. The number of hydrogen-bond donors (Lipinski definition) is 3. The number of aryl methyl sites for hydroxylation is 2. The van der Waals surface area contributed by atoms with E-state index in [0.717, 1.165) is 23.5 Å². The van der Waals surface area contributed by atoms with E-state index < -0.39 is 0 Å². The first kappa shape index (κ1) is 13.6. The number of anilines is 3. The fourth-order valence-electron chi connectivity index (χ4n) is 1.66. The van der Waals surface area contributed by atoms with Crippen molar-refractivity contribution in [1.29, 1.82) is 0 Å². The molecule has 2 aromatic rings. The van der Waals surface area contributed by atoms with Crippen LogP contribution in [0.4, 0.5) is 17.3 Å². The van der Waals surface area contributed by atoms with Gasteiger partial charge in [0.1, 0.15) is 17.5 Å². The summed E-state index contributed by atoms with van der Waals surface area (Å²) in [5, 5.41) is 3.91. The molecule has 0 bridgehead atoms. The average Bonchev–Trinajstić information content (AvgIpc) is 2.42. The van der Waals surface area contributed by atoms with Gasteiger partial charge in [-0.25, -0.2) is 15.8 Å². The molecular weight excluding hydrogens is 262 g/mol. The van der Waals surface area contributed by atoms with Crippen LogP contribution in [0.25, 0.3) is 0 Å². The van der Waals surface area contributed by atoms with E-state index in [1.54, 1.807) is 6.07 Å². The maximum absolute atomic E-state index is 6.00. The van der Waals surface area contributed by atoms with Crippen LogP contribution < -0.4 is 16.6 Å². The van der Waals surface area contributed by atoms with Crippen molar-refractivity contribution in [2.45, 2.75) is 20.3 Å². The van der Waals surface area contributed by atoms with Crippen LogP contribution in [-0.4, -0.2) is 9.97 Å². The van der Waals surface area contributed by atoms with Crippen LogP contribution in [0, 0.1) is 6.92 Å². The smallest absolute Gasteiger partial charge is 0.145 e. The van der Waals surface area contributed by atoms with Crippen molar-refractivity contribution in [3.63, 3.8) is 0 Å². The second-order valence-corrected chi connectivity index (χ2v) is 4.57. The molecule has 0 aliphatic carbocycles. The molecule has 0 atom stereocenters. The number of halogens is 1. The van der Waals surface area contributed by atoms with Gasteiger partial charge in [0.2, 0.25) is 0 Å². The van der Waals surface area contributed by atoms with Crippen LogP contribution >= 0.6 is 11.6 Å². The number of benzene rings is 1. The predicted octanol–water partition coefficient (Wildman–Crippen LogP) is 3.03. The minimum Gasteiger partial charge on any atom is -0.340 e. The summed E-state index contributed by atoms with van der Waals surface area (Å²) < 4.78 is 0. The van der Waals surface area contributed by atoms with Crippen LogP contribution in [0.5, 0.6) is 0 Å². The van der Waals surface area contributed by atoms with Gasteiger partial charge in [0.05, 0.1) is 0 Å². The van der Waals surface area contributed by atoms with Crippen molar-refractivity contribution in [2.75, 3.05) is 10.7 Å². The van der Waals surface area contributed by atoms with Crippen molar-refractivity contribution in [3.8, 4) is 0 Å². The lowest BCUT2D eigenvalue weighted by molar-refractivity contribution is 0.941. The van der Waals surface area contributed by atoms with E-state index in [2.05, 4.69) is 20.7 Å². The van der Waals surface area contributed by atoms with Gasteiger partial charge in [-0.15, -0.1) is 0 Å². The first-order valence-electron chi connectivity index (χ1n) is 6.00. The van der Waals surface area contributed by atoms with Gasteiger partial charge < -0.3 is 10.7 Å². The van der Waals surface area contributed by atoms with E-state index in [9.17, 15) is 0 Å². The molecule has 0 aliphatic heterocycles. The van der Waals surface area contributed by atoms with Gasteiger partial charge in [-0.05, 0) is 24.6 Å². The second kappa shape index (κ2) is 5.86. The molecular formula is C13H16ClN5. The third-order valence-electron chi connectivity index (χ3n) is 2.70. The summed E-state index contributed by atoms with van der Waals surface area (Å²) in [6.45, 7) is 3.99. The molecule has 6 heteroatoms. The van der Waals surface area contributed by atoms with Gasteiger partial charge >= 0.3 is 0 Å². The molecule has 19 heavy (non-hydrogen) atoms. The average molecular weight is 278 g/mol. The zero-order valence-corrected chi connectivity index (χ0v) is 11.6. The molecule has 0 spiro atoms. The zero-order valence-electron chi connectivity index (χ0n) is 10.9. The van der Waals surface area contributed by atoms with Crippen LogP contribution in [-0.2, 0) is 6.42 Å². The molecule has 0 aliphatic rings. The van der Waals surface area contributed by atoms with E-state index in [1.807, 2.05) is 32.0 Å². The molecule has 1 aromatic heterocycles. The molecule has 0 fully saturated rings. The Labute approximate surface area is 117 Å². The fourth-order valence-corrected chi connectivity index (χ4v) is 1.83. The van der Waals surface area contributed by atoms with Crippen LogP contribution in [0.2, 0.25) is 5.02 Å². The molecule has 1 heterocycles. The highest BCUT2D eigenvalue weighted by atomic mass is 35.5.